The molecule has 2 N–H and O–H groups in total. The highest BCUT2D eigenvalue weighted by atomic mass is 35.5. The van der Waals surface area contributed by atoms with Gasteiger partial charge < -0.3 is 15.4 Å². The number of hydrogen-bond donors (Lipinski definition) is 2. The van der Waals surface area contributed by atoms with Crippen LogP contribution in [-0.4, -0.2) is 41.9 Å². The first kappa shape index (κ1) is 20.4. The van der Waals surface area contributed by atoms with Gasteiger partial charge in [0.25, 0.3) is 11.6 Å². The average molecular weight is 372 g/mol. The number of ether oxygens (including phenoxy) is 1. The van der Waals surface area contributed by atoms with Crippen LogP contribution in [0.5, 0.6) is 0 Å². The lowest BCUT2D eigenvalue weighted by Crippen LogP contribution is -2.46. The molecule has 0 fully saturated rings. The topological polar surface area (TPSA) is 128 Å². The molecule has 2 amide bonds. The molecule has 0 saturated carbocycles. The Morgan fingerprint density at radius 2 is 2.04 bits per heavy atom. The Morgan fingerprint density at radius 3 is 2.64 bits per heavy atom. The van der Waals surface area contributed by atoms with Crippen LogP contribution in [0.2, 0.25) is 5.02 Å². The van der Waals surface area contributed by atoms with Crippen molar-refractivity contribution in [2.75, 3.05) is 13.2 Å². The van der Waals surface area contributed by atoms with Crippen LogP contribution in [-0.2, 0) is 14.3 Å². The highest BCUT2D eigenvalue weighted by Gasteiger charge is 2.23. The van der Waals surface area contributed by atoms with E-state index in [-0.39, 0.29) is 16.5 Å². The van der Waals surface area contributed by atoms with E-state index < -0.39 is 35.1 Å². The first-order chi connectivity index (χ1) is 11.8. The Bertz CT molecular complexity index is 679. The molecule has 0 aliphatic carbocycles. The Kier molecular flexibility index (Phi) is 7.80. The third kappa shape index (κ3) is 6.38. The van der Waals surface area contributed by atoms with Gasteiger partial charge in [-0.2, -0.15) is 0 Å². The van der Waals surface area contributed by atoms with Crippen LogP contribution in [0.25, 0.3) is 0 Å². The third-order valence-corrected chi connectivity index (χ3v) is 3.26. The predicted molar refractivity (Wildman–Crippen MR) is 89.3 cm³/mol. The number of nitrogens with zero attached hydrogens (tertiary/aromatic N) is 1. The molecular formula is C15H18ClN3O6. The number of nitro groups is 1. The summed E-state index contributed by atoms with van der Waals surface area (Å²) in [5.41, 5.74) is -0.846. The first-order valence-corrected chi connectivity index (χ1v) is 7.82. The maximum Gasteiger partial charge on any atom is 0.345 e. The molecule has 0 spiro atoms. The maximum atomic E-state index is 11.9. The van der Waals surface area contributed by atoms with Gasteiger partial charge in [0.15, 0.2) is 6.61 Å². The monoisotopic (exact) mass is 371 g/mol. The lowest BCUT2D eigenvalue weighted by Gasteiger charge is -2.13. The number of carbonyl (C=O) groups is 3. The molecule has 136 valence electrons. The number of rotatable bonds is 8. The van der Waals surface area contributed by atoms with Gasteiger partial charge in [-0.05, 0) is 25.5 Å². The largest absolute Gasteiger partial charge is 0.452 e. The van der Waals surface area contributed by atoms with Crippen LogP contribution in [0.15, 0.2) is 18.2 Å². The van der Waals surface area contributed by atoms with Crippen molar-refractivity contribution in [2.24, 2.45) is 0 Å². The average Bonchev–Trinajstić information content (AvgIpc) is 2.56. The molecule has 0 saturated heterocycles. The van der Waals surface area contributed by atoms with E-state index in [0.29, 0.717) is 6.54 Å². The van der Waals surface area contributed by atoms with Crippen molar-refractivity contribution in [3.63, 3.8) is 0 Å². The Hall–Kier alpha value is -2.68. The zero-order chi connectivity index (χ0) is 19.0. The van der Waals surface area contributed by atoms with Crippen molar-refractivity contribution < 1.29 is 24.0 Å². The molecule has 0 aliphatic rings. The Morgan fingerprint density at radius 1 is 1.36 bits per heavy atom. The van der Waals surface area contributed by atoms with Crippen molar-refractivity contribution in [1.82, 2.24) is 10.6 Å². The number of benzene rings is 1. The maximum absolute atomic E-state index is 11.9. The van der Waals surface area contributed by atoms with E-state index >= 15 is 0 Å². The molecule has 10 heteroatoms. The zero-order valence-corrected chi connectivity index (χ0v) is 14.5. The molecule has 0 unspecified atom stereocenters. The number of halogens is 1. The van der Waals surface area contributed by atoms with Crippen LogP contribution < -0.4 is 10.6 Å². The molecular weight excluding hydrogens is 354 g/mol. The molecule has 1 aromatic carbocycles. The van der Waals surface area contributed by atoms with E-state index in [1.165, 1.54) is 13.0 Å². The number of nitro benzene ring substituents is 1. The molecule has 0 aromatic heterocycles. The number of nitrogens with one attached hydrogen (secondary N) is 2. The van der Waals surface area contributed by atoms with E-state index in [4.69, 9.17) is 16.3 Å². The summed E-state index contributed by atoms with van der Waals surface area (Å²) in [4.78, 5) is 45.5. The Labute approximate surface area is 148 Å². The van der Waals surface area contributed by atoms with Crippen molar-refractivity contribution in [1.29, 1.82) is 0 Å². The van der Waals surface area contributed by atoms with E-state index in [1.54, 1.807) is 0 Å². The summed E-state index contributed by atoms with van der Waals surface area (Å²) < 4.78 is 4.75. The molecule has 0 heterocycles. The number of amides is 2. The van der Waals surface area contributed by atoms with Crippen LogP contribution in [0.4, 0.5) is 5.69 Å². The van der Waals surface area contributed by atoms with E-state index in [0.717, 1.165) is 18.6 Å². The van der Waals surface area contributed by atoms with Crippen molar-refractivity contribution >= 4 is 35.1 Å². The second-order valence-electron chi connectivity index (χ2n) is 5.07. The van der Waals surface area contributed by atoms with Crippen LogP contribution in [0, 0.1) is 10.1 Å². The molecule has 1 aromatic rings. The fraction of sp³-hybridized carbons (Fsp3) is 0.400. The summed E-state index contributed by atoms with van der Waals surface area (Å²) in [6, 6.07) is 2.61. The van der Waals surface area contributed by atoms with Crippen LogP contribution >= 0.6 is 11.6 Å². The van der Waals surface area contributed by atoms with Crippen molar-refractivity contribution in [2.45, 2.75) is 26.3 Å². The van der Waals surface area contributed by atoms with Gasteiger partial charge in [0.2, 0.25) is 5.91 Å². The number of hydrogen-bond acceptors (Lipinski definition) is 6. The standard InChI is InChI=1S/C15H18ClN3O6/c1-3-6-17-14(21)9(2)18-13(20)8-25-15(22)11-7-10(16)4-5-12(11)19(23)24/h4-5,7,9H,3,6,8H2,1-2H3,(H,17,21)(H,18,20)/t9-/m1/s1. The summed E-state index contributed by atoms with van der Waals surface area (Å²) in [5.74, 6) is -2.14. The zero-order valence-electron chi connectivity index (χ0n) is 13.7. The van der Waals surface area contributed by atoms with Gasteiger partial charge in [0.1, 0.15) is 11.6 Å². The minimum atomic E-state index is -1.06. The number of carbonyl (C=O) groups excluding carboxylic acids is 3. The molecule has 1 rings (SSSR count). The molecule has 1 atom stereocenters. The van der Waals surface area contributed by atoms with Gasteiger partial charge in [-0.1, -0.05) is 18.5 Å². The minimum absolute atomic E-state index is 0.114. The van der Waals surface area contributed by atoms with Gasteiger partial charge >= 0.3 is 5.97 Å². The molecule has 0 radical (unpaired) electrons. The predicted octanol–water partition coefficient (Wildman–Crippen LogP) is 1.44. The highest BCUT2D eigenvalue weighted by Crippen LogP contribution is 2.23. The lowest BCUT2D eigenvalue weighted by atomic mass is 10.2. The van der Waals surface area contributed by atoms with Crippen molar-refractivity contribution in [3.8, 4) is 0 Å². The second kappa shape index (κ2) is 9.58. The quantitative estimate of drug-likeness (QED) is 0.404. The molecule has 0 aliphatic heterocycles. The summed E-state index contributed by atoms with van der Waals surface area (Å²) in [6.45, 7) is 3.16. The van der Waals surface area contributed by atoms with Gasteiger partial charge in [0.05, 0.1) is 4.92 Å². The molecule has 9 nitrogen and oxygen atoms in total. The van der Waals surface area contributed by atoms with Crippen molar-refractivity contribution in [3.05, 3.63) is 38.9 Å². The normalized spacial score (nSPS) is 11.3. The first-order valence-electron chi connectivity index (χ1n) is 7.44. The lowest BCUT2D eigenvalue weighted by molar-refractivity contribution is -0.385. The Balaban J connectivity index is 2.62. The summed E-state index contributed by atoms with van der Waals surface area (Å²) in [5, 5.41) is 16.0. The fourth-order valence-corrected chi connectivity index (χ4v) is 1.96. The van der Waals surface area contributed by atoms with Gasteiger partial charge in [-0.15, -0.1) is 0 Å². The van der Waals surface area contributed by atoms with E-state index in [9.17, 15) is 24.5 Å². The fourth-order valence-electron chi connectivity index (χ4n) is 1.79. The van der Waals surface area contributed by atoms with Crippen LogP contribution in [0.1, 0.15) is 30.6 Å². The summed E-state index contributed by atoms with van der Waals surface area (Å²) >= 11 is 5.72. The highest BCUT2D eigenvalue weighted by molar-refractivity contribution is 6.31. The van der Waals surface area contributed by atoms with E-state index in [1.807, 2.05) is 6.92 Å². The minimum Gasteiger partial charge on any atom is -0.452 e. The van der Waals surface area contributed by atoms with Crippen LogP contribution in [0.3, 0.4) is 0 Å². The van der Waals surface area contributed by atoms with Gasteiger partial charge in [-0.3, -0.25) is 19.7 Å². The van der Waals surface area contributed by atoms with Gasteiger partial charge in [-0.25, -0.2) is 4.79 Å². The number of esters is 1. The third-order valence-electron chi connectivity index (χ3n) is 3.03. The second-order valence-corrected chi connectivity index (χ2v) is 5.51. The van der Waals surface area contributed by atoms with Gasteiger partial charge in [0, 0.05) is 17.6 Å². The molecule has 0 bridgehead atoms. The summed E-state index contributed by atoms with van der Waals surface area (Å²) in [7, 11) is 0. The molecule has 25 heavy (non-hydrogen) atoms. The summed E-state index contributed by atoms with van der Waals surface area (Å²) in [6.07, 6.45) is 0.752. The van der Waals surface area contributed by atoms with E-state index in [2.05, 4.69) is 10.6 Å². The smallest absolute Gasteiger partial charge is 0.345 e. The SMILES string of the molecule is CCCNC(=O)[C@@H](C)NC(=O)COC(=O)c1cc(Cl)ccc1[N+](=O)[O-].